The molecule has 316 valence electrons. The summed E-state index contributed by atoms with van der Waals surface area (Å²) in [5.74, 6) is 4.62. The van der Waals surface area contributed by atoms with E-state index in [1.54, 1.807) is 0 Å². The predicted octanol–water partition coefficient (Wildman–Crippen LogP) is 11.4. The number of rotatable bonds is 6. The molecule has 0 aliphatic carbocycles. The third-order valence-electron chi connectivity index (χ3n) is 14.3. The molecule has 15 rings (SSSR count). The lowest BCUT2D eigenvalue weighted by Crippen LogP contribution is -2.64. The molecule has 0 spiro atoms. The van der Waals surface area contributed by atoms with Crippen molar-refractivity contribution in [3.63, 3.8) is 0 Å². The Bertz CT molecular complexity index is 3860. The second kappa shape index (κ2) is 14.3. The highest BCUT2D eigenvalue weighted by Crippen LogP contribution is 2.48. The van der Waals surface area contributed by atoms with Crippen molar-refractivity contribution in [1.29, 1.82) is 0 Å². The maximum atomic E-state index is 7.34. The van der Waals surface area contributed by atoms with Gasteiger partial charge >= 0.3 is 0 Å². The molecule has 11 aromatic rings. The first-order valence-electron chi connectivity index (χ1n) is 23.2. The fraction of sp³-hybridized carbons (Fsp3) is 0. The van der Waals surface area contributed by atoms with Gasteiger partial charge in [0.25, 0.3) is 13.4 Å². The molecule has 1 aromatic heterocycles. The summed E-state index contributed by atoms with van der Waals surface area (Å²) in [7, 11) is 0. The van der Waals surface area contributed by atoms with Crippen LogP contribution in [-0.2, 0) is 0 Å². The molecule has 6 nitrogen and oxygen atoms in total. The quantitative estimate of drug-likeness (QED) is 0.156. The van der Waals surface area contributed by atoms with Crippen molar-refractivity contribution in [3.05, 3.63) is 224 Å². The average molecular weight is 870 g/mol. The van der Waals surface area contributed by atoms with Crippen molar-refractivity contribution in [2.45, 2.75) is 0 Å². The van der Waals surface area contributed by atoms with Gasteiger partial charge in [0.15, 0.2) is 0 Å². The van der Waals surface area contributed by atoms with Crippen LogP contribution in [0.15, 0.2) is 224 Å². The molecule has 5 heterocycles. The largest absolute Gasteiger partial charge is 0.458 e. The molecule has 0 saturated carbocycles. The number of ether oxygens (including phenoxy) is 3. The third-order valence-corrected chi connectivity index (χ3v) is 14.3. The Balaban J connectivity index is 1.02. The second-order valence-corrected chi connectivity index (χ2v) is 18.0. The molecule has 4 aliphatic rings. The van der Waals surface area contributed by atoms with Gasteiger partial charge in [0.05, 0.1) is 5.52 Å². The summed E-state index contributed by atoms with van der Waals surface area (Å²) < 4.78 is 23.3. The summed E-state index contributed by atoms with van der Waals surface area (Å²) in [5.41, 5.74) is 17.1. The zero-order valence-corrected chi connectivity index (χ0v) is 36.6. The number of hydrogen-bond donors (Lipinski definition) is 0. The smallest absolute Gasteiger partial charge is 0.256 e. The summed E-state index contributed by atoms with van der Waals surface area (Å²) >= 11 is 0. The molecule has 0 radical (unpaired) electrons. The Morgan fingerprint density at radius 2 is 0.882 bits per heavy atom. The maximum absolute atomic E-state index is 7.34. The summed E-state index contributed by atoms with van der Waals surface area (Å²) in [6, 6.07) is 79.5. The molecule has 8 heteroatoms. The molecule has 0 atom stereocenters. The normalized spacial score (nSPS) is 13.3. The van der Waals surface area contributed by atoms with E-state index in [1.807, 2.05) is 60.7 Å². The summed E-state index contributed by atoms with van der Waals surface area (Å²) in [5, 5.41) is 2.45. The first-order valence-corrected chi connectivity index (χ1v) is 23.2. The zero-order valence-electron chi connectivity index (χ0n) is 36.6. The van der Waals surface area contributed by atoms with Gasteiger partial charge in [-0.1, -0.05) is 133 Å². The van der Waals surface area contributed by atoms with Gasteiger partial charge in [-0.25, -0.2) is 0 Å². The van der Waals surface area contributed by atoms with E-state index >= 15 is 0 Å². The maximum Gasteiger partial charge on any atom is 0.256 e. The molecule has 0 fully saturated rings. The van der Waals surface area contributed by atoms with Crippen LogP contribution in [0, 0.1) is 0 Å². The zero-order chi connectivity index (χ0) is 44.5. The van der Waals surface area contributed by atoms with Crippen molar-refractivity contribution >= 4 is 102 Å². The Labute approximate surface area is 393 Å². The number of benzene rings is 10. The lowest BCUT2D eigenvalue weighted by molar-refractivity contribution is 0.462. The van der Waals surface area contributed by atoms with Crippen LogP contribution in [0.5, 0.6) is 34.5 Å². The Hall–Kier alpha value is -8.87. The van der Waals surface area contributed by atoms with Gasteiger partial charge in [0.1, 0.15) is 34.5 Å². The summed E-state index contributed by atoms with van der Waals surface area (Å²) in [6.07, 6.45) is 0. The number of fused-ring (bicyclic) bond motifs is 11. The highest BCUT2D eigenvalue weighted by Gasteiger charge is 2.47. The SMILES string of the molecule is c1ccc(Oc2cc3c4c(c2)N(c2ccccc2)c2cc5c(cc2B4c2ccccc2N3c2ccccc2)B2c3c(cc(Oc4ccccc4)cc3-n3c4ccccc4c4cccc2c43)O5)cc1. The predicted molar refractivity (Wildman–Crippen MR) is 279 cm³/mol. The number of para-hydroxylation sites is 7. The van der Waals surface area contributed by atoms with E-state index in [0.29, 0.717) is 0 Å². The van der Waals surface area contributed by atoms with Gasteiger partial charge in [-0.15, -0.1) is 0 Å². The lowest BCUT2D eigenvalue weighted by Gasteiger charge is -2.45. The van der Waals surface area contributed by atoms with E-state index < -0.39 is 0 Å². The minimum Gasteiger partial charge on any atom is -0.458 e. The van der Waals surface area contributed by atoms with E-state index in [0.717, 1.165) is 90.8 Å². The number of anilines is 6. The highest BCUT2D eigenvalue weighted by molar-refractivity contribution is 7.02. The summed E-state index contributed by atoms with van der Waals surface area (Å²) in [6.45, 7) is -0.233. The molecule has 10 aromatic carbocycles. The van der Waals surface area contributed by atoms with E-state index in [2.05, 4.69) is 178 Å². The van der Waals surface area contributed by atoms with Crippen LogP contribution in [0.2, 0.25) is 0 Å². The first-order chi connectivity index (χ1) is 33.7. The van der Waals surface area contributed by atoms with E-state index in [1.165, 1.54) is 38.1 Å². The molecular formula is C60H37B2N3O3. The van der Waals surface area contributed by atoms with Crippen LogP contribution in [0.1, 0.15) is 0 Å². The number of nitrogens with zero attached hydrogens (tertiary/aromatic N) is 3. The van der Waals surface area contributed by atoms with Gasteiger partial charge in [-0.2, -0.15) is 0 Å². The molecule has 0 unspecified atom stereocenters. The van der Waals surface area contributed by atoms with Gasteiger partial charge in [-0.05, 0) is 93.4 Å². The topological polar surface area (TPSA) is 39.1 Å². The fourth-order valence-corrected chi connectivity index (χ4v) is 11.6. The standard InChI is InChI=1S/C60H37B2N3O3/c1-5-18-38(19-6-1)63-51-31-16-14-28-46(51)61-48-36-49-56(37-52(48)64(39-20-7-2-8-21-39)54-33-42(32-53(63)58(54)61)66-40-22-9-3-10-23-40)68-57-35-43(67-41-24-11-4-12-25-41)34-55-59(57)62(49)47-29-17-27-45-44-26-13-15-30-50(44)65(55)60(45)47/h1-37H. The highest BCUT2D eigenvalue weighted by atomic mass is 16.5. The average Bonchev–Trinajstić information content (AvgIpc) is 3.73. The van der Waals surface area contributed by atoms with E-state index in [-0.39, 0.29) is 13.4 Å². The minimum absolute atomic E-state index is 0.115. The van der Waals surface area contributed by atoms with Crippen LogP contribution in [-0.4, -0.2) is 18.0 Å². The van der Waals surface area contributed by atoms with Crippen LogP contribution >= 0.6 is 0 Å². The van der Waals surface area contributed by atoms with Gasteiger partial charge in [0, 0.05) is 86.4 Å². The molecule has 0 N–H and O–H groups in total. The number of aromatic nitrogens is 1. The van der Waals surface area contributed by atoms with Crippen molar-refractivity contribution < 1.29 is 14.2 Å². The van der Waals surface area contributed by atoms with Crippen LogP contribution in [0.4, 0.5) is 34.1 Å². The van der Waals surface area contributed by atoms with Crippen molar-refractivity contribution in [2.75, 3.05) is 9.80 Å². The second-order valence-electron chi connectivity index (χ2n) is 18.0. The molecule has 0 saturated heterocycles. The van der Waals surface area contributed by atoms with Crippen LogP contribution < -0.4 is 56.8 Å². The Kier molecular flexibility index (Phi) is 7.86. The first kappa shape index (κ1) is 37.4. The molecule has 0 bridgehead atoms. The van der Waals surface area contributed by atoms with Crippen molar-refractivity contribution in [1.82, 2.24) is 4.57 Å². The molecular weight excluding hydrogens is 832 g/mol. The van der Waals surface area contributed by atoms with Crippen molar-refractivity contribution in [3.8, 4) is 40.2 Å². The molecule has 68 heavy (non-hydrogen) atoms. The van der Waals surface area contributed by atoms with E-state index in [9.17, 15) is 0 Å². The van der Waals surface area contributed by atoms with Gasteiger partial charge in [0.2, 0.25) is 0 Å². The Morgan fingerprint density at radius 3 is 1.59 bits per heavy atom. The molecule has 0 amide bonds. The molecule has 4 aliphatic heterocycles. The van der Waals surface area contributed by atoms with E-state index in [4.69, 9.17) is 14.2 Å². The Morgan fingerprint density at radius 1 is 0.338 bits per heavy atom. The number of hydrogen-bond acceptors (Lipinski definition) is 5. The van der Waals surface area contributed by atoms with Gasteiger partial charge in [-0.3, -0.25) is 0 Å². The monoisotopic (exact) mass is 869 g/mol. The van der Waals surface area contributed by atoms with Gasteiger partial charge < -0.3 is 28.6 Å². The lowest BCUT2D eigenvalue weighted by atomic mass is 9.30. The van der Waals surface area contributed by atoms with Crippen molar-refractivity contribution in [2.24, 2.45) is 0 Å². The third kappa shape index (κ3) is 5.37. The fourth-order valence-electron chi connectivity index (χ4n) is 11.6. The summed E-state index contributed by atoms with van der Waals surface area (Å²) in [4.78, 5) is 4.83. The van der Waals surface area contributed by atoms with Crippen LogP contribution in [0.3, 0.4) is 0 Å². The van der Waals surface area contributed by atoms with Crippen LogP contribution in [0.25, 0.3) is 27.5 Å². The minimum atomic E-state index is -0.118.